The molecule has 1 aromatic heterocycles. The average molecular weight is 397 g/mol. The lowest BCUT2D eigenvalue weighted by Crippen LogP contribution is -1.97. The number of nitrogens with one attached hydrogen (secondary N) is 1. The van der Waals surface area contributed by atoms with E-state index in [1.807, 2.05) is 54.6 Å². The lowest BCUT2D eigenvalue weighted by atomic mass is 10.1. The first kappa shape index (κ1) is 18.4. The Bertz CT molecular complexity index is 1260. The molecular formula is C21H15N7S. The van der Waals surface area contributed by atoms with Crippen molar-refractivity contribution in [2.75, 3.05) is 11.1 Å². The van der Waals surface area contributed by atoms with E-state index >= 15 is 0 Å². The molecule has 7 nitrogen and oxygen atoms in total. The Morgan fingerprint density at radius 1 is 1.07 bits per heavy atom. The standard InChI is InChI=1S/C21H15N7S/c22-11-10-14-4-7-17(8-5-14)25-21-26-20(24)28(27-21)29-19-3-1-2-16-12-15(13-23)6-9-18(16)19/h1-9,12H,10H2,(H3,24,25,26,27). The molecule has 8 heteroatoms. The fourth-order valence-corrected chi connectivity index (χ4v) is 3.72. The minimum absolute atomic E-state index is 0.268. The summed E-state index contributed by atoms with van der Waals surface area (Å²) >= 11 is 1.36. The first-order valence-corrected chi connectivity index (χ1v) is 9.50. The Kier molecular flexibility index (Phi) is 5.02. The van der Waals surface area contributed by atoms with E-state index in [1.54, 1.807) is 10.2 Å². The van der Waals surface area contributed by atoms with Crippen molar-refractivity contribution in [3.8, 4) is 12.1 Å². The lowest BCUT2D eigenvalue weighted by Gasteiger charge is -2.06. The van der Waals surface area contributed by atoms with Gasteiger partial charge in [-0.3, -0.25) is 0 Å². The topological polar surface area (TPSA) is 116 Å². The van der Waals surface area contributed by atoms with Gasteiger partial charge in [0.2, 0.25) is 11.9 Å². The predicted molar refractivity (Wildman–Crippen MR) is 113 cm³/mol. The van der Waals surface area contributed by atoms with Gasteiger partial charge in [0.05, 0.1) is 24.1 Å². The molecule has 4 aromatic rings. The molecule has 0 aliphatic carbocycles. The molecule has 0 aliphatic heterocycles. The number of anilines is 3. The third kappa shape index (κ3) is 3.98. The molecule has 3 aromatic carbocycles. The number of nitriles is 2. The summed E-state index contributed by atoms with van der Waals surface area (Å²) in [6.07, 6.45) is 0.373. The summed E-state index contributed by atoms with van der Waals surface area (Å²) in [5.41, 5.74) is 8.42. The molecule has 0 saturated carbocycles. The predicted octanol–water partition coefficient (Wildman–Crippen LogP) is 4.25. The monoisotopic (exact) mass is 397 g/mol. The normalized spacial score (nSPS) is 10.4. The number of nitrogen functional groups attached to an aromatic ring is 1. The van der Waals surface area contributed by atoms with E-state index < -0.39 is 0 Å². The molecule has 0 aliphatic rings. The van der Waals surface area contributed by atoms with Gasteiger partial charge in [-0.15, -0.1) is 5.10 Å². The molecule has 29 heavy (non-hydrogen) atoms. The zero-order valence-corrected chi connectivity index (χ0v) is 16.0. The van der Waals surface area contributed by atoms with Crippen molar-refractivity contribution >= 4 is 40.3 Å². The quantitative estimate of drug-likeness (QED) is 0.517. The molecule has 1 heterocycles. The van der Waals surface area contributed by atoms with Crippen LogP contribution in [0.15, 0.2) is 65.6 Å². The summed E-state index contributed by atoms with van der Waals surface area (Å²) in [6, 6.07) is 23.2. The van der Waals surface area contributed by atoms with Gasteiger partial charge in [-0.25, -0.2) is 0 Å². The van der Waals surface area contributed by atoms with Crippen molar-refractivity contribution < 1.29 is 0 Å². The van der Waals surface area contributed by atoms with E-state index in [0.717, 1.165) is 26.9 Å². The van der Waals surface area contributed by atoms with Crippen molar-refractivity contribution in [2.45, 2.75) is 11.3 Å². The number of nitrogens with two attached hydrogens (primary N) is 1. The third-order valence-electron chi connectivity index (χ3n) is 4.25. The van der Waals surface area contributed by atoms with Gasteiger partial charge in [-0.05, 0) is 46.7 Å². The highest BCUT2D eigenvalue weighted by Crippen LogP contribution is 2.31. The maximum absolute atomic E-state index is 9.09. The molecule has 0 unspecified atom stereocenters. The number of hydrogen-bond acceptors (Lipinski definition) is 7. The van der Waals surface area contributed by atoms with Gasteiger partial charge in [0.15, 0.2) is 0 Å². The average Bonchev–Trinajstić information content (AvgIpc) is 3.08. The number of hydrogen-bond donors (Lipinski definition) is 2. The summed E-state index contributed by atoms with van der Waals surface area (Å²) in [4.78, 5) is 5.23. The van der Waals surface area contributed by atoms with Gasteiger partial charge < -0.3 is 11.1 Å². The molecule has 0 fully saturated rings. The molecule has 0 bridgehead atoms. The van der Waals surface area contributed by atoms with Crippen LogP contribution < -0.4 is 11.1 Å². The molecule has 0 saturated heterocycles. The molecule has 3 N–H and O–H groups in total. The Morgan fingerprint density at radius 2 is 1.90 bits per heavy atom. The molecule has 140 valence electrons. The zero-order valence-electron chi connectivity index (χ0n) is 15.2. The Labute approximate surface area is 171 Å². The van der Waals surface area contributed by atoms with E-state index in [-0.39, 0.29) is 5.95 Å². The van der Waals surface area contributed by atoms with Crippen LogP contribution in [0.3, 0.4) is 0 Å². The second-order valence-electron chi connectivity index (χ2n) is 6.22. The van der Waals surface area contributed by atoms with Gasteiger partial charge >= 0.3 is 0 Å². The number of rotatable bonds is 5. The van der Waals surface area contributed by atoms with Crippen LogP contribution in [-0.4, -0.2) is 14.2 Å². The van der Waals surface area contributed by atoms with Gasteiger partial charge in [0.25, 0.3) is 0 Å². The van der Waals surface area contributed by atoms with E-state index in [0.29, 0.717) is 17.9 Å². The summed E-state index contributed by atoms with van der Waals surface area (Å²) in [5.74, 6) is 0.652. The Morgan fingerprint density at radius 3 is 2.66 bits per heavy atom. The summed E-state index contributed by atoms with van der Waals surface area (Å²) in [5, 5.41) is 27.4. The smallest absolute Gasteiger partial charge is 0.249 e. The SMILES string of the molecule is N#CCc1ccc(Nc2nc(N)n(Sc3cccc4cc(C#N)ccc34)n2)cc1. The van der Waals surface area contributed by atoms with Gasteiger partial charge in [-0.1, -0.05) is 30.3 Å². The van der Waals surface area contributed by atoms with Crippen LogP contribution >= 0.6 is 11.9 Å². The fourth-order valence-electron chi connectivity index (χ4n) is 2.85. The van der Waals surface area contributed by atoms with E-state index in [2.05, 4.69) is 27.5 Å². The minimum atomic E-state index is 0.268. The molecule has 0 spiro atoms. The van der Waals surface area contributed by atoms with E-state index in [1.165, 1.54) is 11.9 Å². The summed E-state index contributed by atoms with van der Waals surface area (Å²) in [7, 11) is 0. The van der Waals surface area contributed by atoms with Gasteiger partial charge in [0.1, 0.15) is 0 Å². The highest BCUT2D eigenvalue weighted by atomic mass is 32.2. The summed E-state index contributed by atoms with van der Waals surface area (Å²) < 4.78 is 1.55. The lowest BCUT2D eigenvalue weighted by molar-refractivity contribution is 1.02. The van der Waals surface area contributed by atoms with Crippen molar-refractivity contribution in [3.63, 3.8) is 0 Å². The Balaban J connectivity index is 1.57. The number of benzene rings is 3. The van der Waals surface area contributed by atoms with Crippen LogP contribution in [-0.2, 0) is 6.42 Å². The first-order valence-electron chi connectivity index (χ1n) is 8.73. The fraction of sp³-hybridized carbons (Fsp3) is 0.0476. The third-order valence-corrected chi connectivity index (χ3v) is 5.24. The van der Waals surface area contributed by atoms with E-state index in [4.69, 9.17) is 16.3 Å². The summed E-state index contributed by atoms with van der Waals surface area (Å²) in [6.45, 7) is 0. The second-order valence-corrected chi connectivity index (χ2v) is 7.19. The van der Waals surface area contributed by atoms with Crippen molar-refractivity contribution in [2.24, 2.45) is 0 Å². The van der Waals surface area contributed by atoms with Crippen molar-refractivity contribution in [3.05, 3.63) is 71.8 Å². The van der Waals surface area contributed by atoms with Gasteiger partial charge in [-0.2, -0.15) is 19.6 Å². The second kappa shape index (κ2) is 7.93. The van der Waals surface area contributed by atoms with Crippen LogP contribution in [0.2, 0.25) is 0 Å². The first-order chi connectivity index (χ1) is 14.2. The maximum Gasteiger partial charge on any atom is 0.249 e. The van der Waals surface area contributed by atoms with Gasteiger partial charge in [0, 0.05) is 22.5 Å². The molecule has 4 rings (SSSR count). The molecular weight excluding hydrogens is 382 g/mol. The van der Waals surface area contributed by atoms with Crippen LogP contribution in [0.4, 0.5) is 17.6 Å². The zero-order chi connectivity index (χ0) is 20.2. The van der Waals surface area contributed by atoms with Crippen LogP contribution in [0, 0.1) is 22.7 Å². The van der Waals surface area contributed by atoms with Crippen molar-refractivity contribution in [1.29, 1.82) is 10.5 Å². The maximum atomic E-state index is 9.09. The Hall–Kier alpha value is -4.01. The van der Waals surface area contributed by atoms with Crippen LogP contribution in [0.1, 0.15) is 11.1 Å². The molecule has 0 atom stereocenters. The van der Waals surface area contributed by atoms with E-state index in [9.17, 15) is 0 Å². The highest BCUT2D eigenvalue weighted by molar-refractivity contribution is 7.98. The number of fused-ring (bicyclic) bond motifs is 1. The van der Waals surface area contributed by atoms with Crippen LogP contribution in [0.5, 0.6) is 0 Å². The minimum Gasteiger partial charge on any atom is -0.367 e. The largest absolute Gasteiger partial charge is 0.367 e. The highest BCUT2D eigenvalue weighted by Gasteiger charge is 2.11. The van der Waals surface area contributed by atoms with Crippen LogP contribution in [0.25, 0.3) is 10.8 Å². The molecule has 0 radical (unpaired) electrons. The number of nitrogens with zero attached hydrogens (tertiary/aromatic N) is 5. The number of aromatic nitrogens is 3. The molecule has 0 amide bonds. The van der Waals surface area contributed by atoms with Crippen molar-refractivity contribution in [1.82, 2.24) is 14.2 Å².